The van der Waals surface area contributed by atoms with Crippen molar-refractivity contribution in [2.75, 3.05) is 13.1 Å². The van der Waals surface area contributed by atoms with Gasteiger partial charge >= 0.3 is 0 Å². The zero-order valence-electron chi connectivity index (χ0n) is 8.47. The predicted octanol–water partition coefficient (Wildman–Crippen LogP) is 0.678. The summed E-state index contributed by atoms with van der Waals surface area (Å²) in [4.78, 5) is 17.5. The molecule has 4 heteroatoms. The minimum atomic E-state index is -0.376. The first kappa shape index (κ1) is 10.1. The molecule has 0 unspecified atom stereocenters. The van der Waals surface area contributed by atoms with E-state index < -0.39 is 0 Å². The van der Waals surface area contributed by atoms with Crippen LogP contribution in [0.1, 0.15) is 23.2 Å². The fourth-order valence-electron chi connectivity index (χ4n) is 1.81. The van der Waals surface area contributed by atoms with Gasteiger partial charge in [0.1, 0.15) is 0 Å². The van der Waals surface area contributed by atoms with E-state index in [4.69, 9.17) is 0 Å². The minimum absolute atomic E-state index is 0.0400. The number of likely N-dealkylation sites (tertiary alicyclic amines) is 1. The molecule has 1 aromatic rings. The van der Waals surface area contributed by atoms with Crippen LogP contribution in [0, 0.1) is 0 Å². The lowest BCUT2D eigenvalue weighted by molar-refractivity contribution is 0.0473. The molecule has 0 aromatic carbocycles. The third-order valence-electron chi connectivity index (χ3n) is 2.59. The van der Waals surface area contributed by atoms with Crippen molar-refractivity contribution in [1.82, 2.24) is 9.88 Å². The fraction of sp³-hybridized carbons (Fsp3) is 0.455. The lowest BCUT2D eigenvalue weighted by atomic mass is 10.1. The van der Waals surface area contributed by atoms with Gasteiger partial charge in [0.05, 0.1) is 11.7 Å². The normalized spacial score (nSPS) is 21.4. The van der Waals surface area contributed by atoms with Crippen LogP contribution in [0.25, 0.3) is 0 Å². The molecule has 1 N–H and O–H groups in total. The van der Waals surface area contributed by atoms with Gasteiger partial charge < -0.3 is 10.0 Å². The number of aliphatic hydroxyl groups is 1. The van der Waals surface area contributed by atoms with E-state index >= 15 is 0 Å². The lowest BCUT2D eigenvalue weighted by Crippen LogP contribution is -2.42. The van der Waals surface area contributed by atoms with Crippen LogP contribution in [0.4, 0.5) is 0 Å². The maximum Gasteiger partial charge on any atom is 0.255 e. The van der Waals surface area contributed by atoms with Crippen molar-refractivity contribution in [2.45, 2.75) is 18.9 Å². The quantitative estimate of drug-likeness (QED) is 0.735. The van der Waals surface area contributed by atoms with Crippen LogP contribution < -0.4 is 0 Å². The first-order valence-electron chi connectivity index (χ1n) is 5.15. The highest BCUT2D eigenvalue weighted by Crippen LogP contribution is 2.12. The zero-order valence-corrected chi connectivity index (χ0v) is 8.47. The highest BCUT2D eigenvalue weighted by Gasteiger charge is 2.22. The Morgan fingerprint density at radius 3 is 3.13 bits per heavy atom. The topological polar surface area (TPSA) is 53.4 Å². The number of nitrogens with zero attached hydrogens (tertiary/aromatic N) is 2. The van der Waals surface area contributed by atoms with Gasteiger partial charge in [-0.05, 0) is 25.0 Å². The molecule has 1 aromatic heterocycles. The molecule has 2 heterocycles. The highest BCUT2D eigenvalue weighted by molar-refractivity contribution is 5.93. The number of carbonyl (C=O) groups is 1. The molecule has 15 heavy (non-hydrogen) atoms. The Bertz CT molecular complexity index is 340. The lowest BCUT2D eigenvalue weighted by Gasteiger charge is -2.30. The van der Waals surface area contributed by atoms with E-state index in [-0.39, 0.29) is 12.0 Å². The van der Waals surface area contributed by atoms with E-state index in [0.29, 0.717) is 12.1 Å². The maximum absolute atomic E-state index is 11.9. The largest absolute Gasteiger partial charge is 0.391 e. The van der Waals surface area contributed by atoms with Gasteiger partial charge in [-0.25, -0.2) is 0 Å². The van der Waals surface area contributed by atoms with Crippen molar-refractivity contribution in [2.24, 2.45) is 0 Å². The third-order valence-corrected chi connectivity index (χ3v) is 2.59. The van der Waals surface area contributed by atoms with E-state index in [1.165, 1.54) is 0 Å². The van der Waals surface area contributed by atoms with Gasteiger partial charge in [0.15, 0.2) is 0 Å². The Morgan fingerprint density at radius 1 is 1.60 bits per heavy atom. The standard InChI is InChI=1S/C11H14N2O2/c14-10-4-2-6-13(8-10)11(15)9-3-1-5-12-7-9/h1,3,5,7,10,14H,2,4,6,8H2/t10-/m1/s1. The number of rotatable bonds is 1. The summed E-state index contributed by atoms with van der Waals surface area (Å²) >= 11 is 0. The number of β-amino-alcohol motifs (C(OH)–C–C–N with tert-alkyl or cyclic N) is 1. The average molecular weight is 206 g/mol. The molecule has 80 valence electrons. The molecule has 0 saturated carbocycles. The Balaban J connectivity index is 2.08. The van der Waals surface area contributed by atoms with Gasteiger partial charge in [-0.3, -0.25) is 9.78 Å². The zero-order chi connectivity index (χ0) is 10.7. The van der Waals surface area contributed by atoms with Gasteiger partial charge in [-0.2, -0.15) is 0 Å². The SMILES string of the molecule is O=C(c1cccnc1)N1CCC[C@@H](O)C1. The number of pyridine rings is 1. The molecule has 1 fully saturated rings. The van der Waals surface area contributed by atoms with Crippen LogP contribution in [-0.2, 0) is 0 Å². The molecule has 1 saturated heterocycles. The summed E-state index contributed by atoms with van der Waals surface area (Å²) in [6, 6.07) is 3.49. The molecule has 0 bridgehead atoms. The second-order valence-corrected chi connectivity index (χ2v) is 3.79. The van der Waals surface area contributed by atoms with Crippen molar-refractivity contribution in [3.8, 4) is 0 Å². The van der Waals surface area contributed by atoms with Crippen LogP contribution in [0.3, 0.4) is 0 Å². The molecule has 0 aliphatic carbocycles. The molecule has 1 aliphatic heterocycles. The van der Waals surface area contributed by atoms with Gasteiger partial charge in [0, 0.05) is 25.5 Å². The first-order chi connectivity index (χ1) is 7.27. The number of piperidine rings is 1. The average Bonchev–Trinajstić information content (AvgIpc) is 2.29. The van der Waals surface area contributed by atoms with Crippen molar-refractivity contribution in [1.29, 1.82) is 0 Å². The Labute approximate surface area is 88.6 Å². The van der Waals surface area contributed by atoms with Gasteiger partial charge in [-0.15, -0.1) is 0 Å². The molecule has 1 aliphatic rings. The summed E-state index contributed by atoms with van der Waals surface area (Å²) in [6.07, 6.45) is 4.48. The Hall–Kier alpha value is -1.42. The van der Waals surface area contributed by atoms with Gasteiger partial charge in [-0.1, -0.05) is 0 Å². The summed E-state index contributed by atoms with van der Waals surface area (Å²) in [5.74, 6) is -0.0400. The number of carbonyl (C=O) groups excluding carboxylic acids is 1. The number of aromatic nitrogens is 1. The molecule has 0 spiro atoms. The summed E-state index contributed by atoms with van der Waals surface area (Å²) in [7, 11) is 0. The second kappa shape index (κ2) is 4.40. The highest BCUT2D eigenvalue weighted by atomic mass is 16.3. The number of amides is 1. The summed E-state index contributed by atoms with van der Waals surface area (Å²) < 4.78 is 0. The van der Waals surface area contributed by atoms with Crippen molar-refractivity contribution >= 4 is 5.91 Å². The van der Waals surface area contributed by atoms with Gasteiger partial charge in [0.2, 0.25) is 0 Å². The van der Waals surface area contributed by atoms with Crippen LogP contribution in [0.2, 0.25) is 0 Å². The van der Waals surface area contributed by atoms with E-state index in [1.807, 2.05) is 0 Å². The summed E-state index contributed by atoms with van der Waals surface area (Å²) in [6.45, 7) is 1.17. The van der Waals surface area contributed by atoms with Crippen LogP contribution >= 0.6 is 0 Å². The molecule has 4 nitrogen and oxygen atoms in total. The minimum Gasteiger partial charge on any atom is -0.391 e. The molecular formula is C11H14N2O2. The van der Waals surface area contributed by atoms with Crippen LogP contribution in [-0.4, -0.2) is 40.1 Å². The summed E-state index contributed by atoms with van der Waals surface area (Å²) in [5.41, 5.74) is 0.589. The van der Waals surface area contributed by atoms with Crippen molar-refractivity contribution in [3.05, 3.63) is 30.1 Å². The number of hydrogen-bond donors (Lipinski definition) is 1. The molecule has 1 amide bonds. The molecule has 0 radical (unpaired) electrons. The first-order valence-corrected chi connectivity index (χ1v) is 5.15. The van der Waals surface area contributed by atoms with E-state index in [2.05, 4.69) is 4.98 Å². The number of aliphatic hydroxyl groups excluding tert-OH is 1. The van der Waals surface area contributed by atoms with E-state index in [0.717, 1.165) is 19.4 Å². The molecular weight excluding hydrogens is 192 g/mol. The smallest absolute Gasteiger partial charge is 0.255 e. The number of hydrogen-bond acceptors (Lipinski definition) is 3. The van der Waals surface area contributed by atoms with Crippen molar-refractivity contribution in [3.63, 3.8) is 0 Å². The van der Waals surface area contributed by atoms with E-state index in [1.54, 1.807) is 29.4 Å². The predicted molar refractivity (Wildman–Crippen MR) is 55.4 cm³/mol. The summed E-state index contributed by atoms with van der Waals surface area (Å²) in [5, 5.41) is 9.47. The van der Waals surface area contributed by atoms with E-state index in [9.17, 15) is 9.90 Å². The third kappa shape index (κ3) is 2.33. The second-order valence-electron chi connectivity index (χ2n) is 3.79. The van der Waals surface area contributed by atoms with Crippen LogP contribution in [0.15, 0.2) is 24.5 Å². The van der Waals surface area contributed by atoms with Crippen LogP contribution in [0.5, 0.6) is 0 Å². The van der Waals surface area contributed by atoms with Gasteiger partial charge in [0.25, 0.3) is 5.91 Å². The monoisotopic (exact) mass is 206 g/mol. The molecule has 2 rings (SSSR count). The fourth-order valence-corrected chi connectivity index (χ4v) is 1.81. The molecule has 1 atom stereocenters. The Morgan fingerprint density at radius 2 is 2.47 bits per heavy atom. The van der Waals surface area contributed by atoms with Crippen molar-refractivity contribution < 1.29 is 9.90 Å². The Kier molecular flexibility index (Phi) is 2.97. The maximum atomic E-state index is 11.9.